The fourth-order valence-corrected chi connectivity index (χ4v) is 3.66. The van der Waals surface area contributed by atoms with Crippen LogP contribution in [0.2, 0.25) is 0 Å². The average molecular weight is 350 g/mol. The molecule has 0 aliphatic heterocycles. The van der Waals surface area contributed by atoms with Crippen LogP contribution in [0.5, 0.6) is 0 Å². The van der Waals surface area contributed by atoms with E-state index in [0.29, 0.717) is 5.71 Å². The van der Waals surface area contributed by atoms with Crippen LogP contribution in [0.4, 0.5) is 0 Å². The van der Waals surface area contributed by atoms with Gasteiger partial charge < -0.3 is 10.4 Å². The number of aryl methyl sites for hydroxylation is 2. The van der Waals surface area contributed by atoms with Crippen molar-refractivity contribution in [3.05, 3.63) is 76.4 Å². The van der Waals surface area contributed by atoms with Gasteiger partial charge in [0.2, 0.25) is 0 Å². The molecule has 0 heterocycles. The molecule has 0 bridgehead atoms. The van der Waals surface area contributed by atoms with Crippen molar-refractivity contribution in [2.45, 2.75) is 39.2 Å². The first kappa shape index (κ1) is 18.4. The zero-order valence-corrected chi connectivity index (χ0v) is 15.3. The summed E-state index contributed by atoms with van der Waals surface area (Å²) in [5.41, 5.74) is 8.60. The van der Waals surface area contributed by atoms with Crippen molar-refractivity contribution in [3.63, 3.8) is 0 Å². The molecular weight excluding hydrogens is 324 g/mol. The molecule has 0 aromatic heterocycles. The Labute approximate surface area is 154 Å². The lowest BCUT2D eigenvalue weighted by molar-refractivity contribution is 0.106. The molecule has 136 valence electrons. The maximum absolute atomic E-state index is 9.81. The average Bonchev–Trinajstić information content (AvgIpc) is 2.66. The highest BCUT2D eigenvalue weighted by Crippen LogP contribution is 2.36. The van der Waals surface area contributed by atoms with E-state index in [2.05, 4.69) is 47.9 Å². The van der Waals surface area contributed by atoms with Gasteiger partial charge in [-0.05, 0) is 55.9 Å². The zero-order valence-electron chi connectivity index (χ0n) is 15.3. The van der Waals surface area contributed by atoms with Gasteiger partial charge in [-0.3, -0.25) is 0 Å². The molecule has 1 fully saturated rings. The fraction of sp³-hybridized carbons (Fsp3) is 0.318. The third-order valence-corrected chi connectivity index (χ3v) is 5.15. The summed E-state index contributed by atoms with van der Waals surface area (Å²) in [6, 6.07) is 16.1. The predicted molar refractivity (Wildman–Crippen MR) is 105 cm³/mol. The van der Waals surface area contributed by atoms with Gasteiger partial charge >= 0.3 is 0 Å². The van der Waals surface area contributed by atoms with E-state index in [1.807, 2.05) is 31.2 Å². The van der Waals surface area contributed by atoms with Crippen LogP contribution in [0, 0.1) is 19.8 Å². The van der Waals surface area contributed by atoms with Crippen LogP contribution < -0.4 is 5.48 Å². The lowest BCUT2D eigenvalue weighted by Crippen LogP contribution is -2.34. The van der Waals surface area contributed by atoms with Crippen molar-refractivity contribution in [2.24, 2.45) is 11.1 Å². The SMILES string of the molecule is Cc1ccc(/C=C2/CCC[C@H]([C@H](NO)c3ccc(C)cc3)/C2=N/O)cc1. The molecule has 2 atom stereocenters. The number of benzene rings is 2. The van der Waals surface area contributed by atoms with Gasteiger partial charge in [-0.1, -0.05) is 64.8 Å². The van der Waals surface area contributed by atoms with Crippen LogP contribution in [0.15, 0.2) is 59.3 Å². The Hall–Kier alpha value is -2.43. The minimum absolute atomic E-state index is 0.0850. The second-order valence-corrected chi connectivity index (χ2v) is 7.08. The molecule has 0 spiro atoms. The van der Waals surface area contributed by atoms with Gasteiger partial charge in [0.1, 0.15) is 0 Å². The Morgan fingerprint density at radius 1 is 1.04 bits per heavy atom. The molecule has 0 radical (unpaired) electrons. The number of nitrogens with zero attached hydrogens (tertiary/aromatic N) is 1. The molecule has 4 nitrogen and oxygen atoms in total. The van der Waals surface area contributed by atoms with Crippen molar-refractivity contribution in [2.75, 3.05) is 0 Å². The number of nitrogens with one attached hydrogen (secondary N) is 1. The Morgan fingerprint density at radius 3 is 2.23 bits per heavy atom. The number of hydroxylamine groups is 1. The predicted octanol–water partition coefficient (Wildman–Crippen LogP) is 5.04. The molecule has 0 amide bonds. The van der Waals surface area contributed by atoms with Gasteiger partial charge in [0.15, 0.2) is 0 Å². The van der Waals surface area contributed by atoms with E-state index in [0.717, 1.165) is 36.0 Å². The molecule has 3 rings (SSSR count). The molecule has 0 saturated heterocycles. The first-order valence-electron chi connectivity index (χ1n) is 9.08. The maximum Gasteiger partial charge on any atom is 0.0878 e. The highest BCUT2D eigenvalue weighted by atomic mass is 16.5. The summed E-state index contributed by atoms with van der Waals surface area (Å²) in [5.74, 6) is -0.0850. The summed E-state index contributed by atoms with van der Waals surface area (Å²) >= 11 is 0. The Kier molecular flexibility index (Phi) is 5.86. The van der Waals surface area contributed by atoms with E-state index < -0.39 is 0 Å². The van der Waals surface area contributed by atoms with E-state index >= 15 is 0 Å². The summed E-state index contributed by atoms with van der Waals surface area (Å²) in [7, 11) is 0. The topological polar surface area (TPSA) is 64.8 Å². The minimum Gasteiger partial charge on any atom is -0.411 e. The van der Waals surface area contributed by atoms with Crippen molar-refractivity contribution in [3.8, 4) is 0 Å². The van der Waals surface area contributed by atoms with E-state index in [4.69, 9.17) is 0 Å². The molecule has 0 unspecified atom stereocenters. The molecule has 1 saturated carbocycles. The largest absolute Gasteiger partial charge is 0.411 e. The van der Waals surface area contributed by atoms with Crippen molar-refractivity contribution < 1.29 is 10.4 Å². The van der Waals surface area contributed by atoms with Gasteiger partial charge in [0, 0.05) is 5.92 Å². The van der Waals surface area contributed by atoms with Crippen LogP contribution in [0.1, 0.15) is 47.6 Å². The smallest absolute Gasteiger partial charge is 0.0878 e. The fourth-order valence-electron chi connectivity index (χ4n) is 3.66. The third-order valence-electron chi connectivity index (χ3n) is 5.15. The van der Waals surface area contributed by atoms with Crippen LogP contribution in [0.25, 0.3) is 6.08 Å². The lowest BCUT2D eigenvalue weighted by atomic mass is 9.77. The first-order chi connectivity index (χ1) is 12.6. The molecule has 2 aromatic carbocycles. The third kappa shape index (κ3) is 4.03. The molecule has 2 aromatic rings. The Morgan fingerprint density at radius 2 is 1.65 bits per heavy atom. The highest BCUT2D eigenvalue weighted by Gasteiger charge is 2.32. The molecular formula is C22H26N2O2. The monoisotopic (exact) mass is 350 g/mol. The molecule has 1 aliphatic carbocycles. The van der Waals surface area contributed by atoms with Crippen molar-refractivity contribution in [1.82, 2.24) is 5.48 Å². The first-order valence-corrected chi connectivity index (χ1v) is 9.08. The van der Waals surface area contributed by atoms with Gasteiger partial charge in [-0.25, -0.2) is 0 Å². The molecule has 26 heavy (non-hydrogen) atoms. The maximum atomic E-state index is 9.81. The molecule has 4 heteroatoms. The Bertz CT molecular complexity index is 792. The number of rotatable bonds is 4. The molecule has 1 aliphatic rings. The number of oxime groups is 1. The quantitative estimate of drug-likeness (QED) is 0.535. The van der Waals surface area contributed by atoms with Crippen LogP contribution in [0.3, 0.4) is 0 Å². The van der Waals surface area contributed by atoms with Gasteiger partial charge in [0.25, 0.3) is 0 Å². The van der Waals surface area contributed by atoms with Gasteiger partial charge in [-0.2, -0.15) is 5.48 Å². The normalized spacial score (nSPS) is 21.9. The summed E-state index contributed by atoms with van der Waals surface area (Å²) in [6.45, 7) is 4.10. The van der Waals surface area contributed by atoms with E-state index in [1.165, 1.54) is 11.1 Å². The number of hydrogen-bond donors (Lipinski definition) is 3. The number of allylic oxidation sites excluding steroid dienone is 1. The minimum atomic E-state index is -0.303. The highest BCUT2D eigenvalue weighted by molar-refractivity contribution is 6.06. The second-order valence-electron chi connectivity index (χ2n) is 7.08. The summed E-state index contributed by atoms with van der Waals surface area (Å²) in [4.78, 5) is 0. The van der Waals surface area contributed by atoms with Crippen LogP contribution in [-0.4, -0.2) is 16.1 Å². The van der Waals surface area contributed by atoms with E-state index in [9.17, 15) is 10.4 Å². The van der Waals surface area contributed by atoms with Crippen molar-refractivity contribution in [1.29, 1.82) is 0 Å². The summed E-state index contributed by atoms with van der Waals surface area (Å²) < 4.78 is 0. The van der Waals surface area contributed by atoms with Gasteiger partial charge in [-0.15, -0.1) is 0 Å². The summed E-state index contributed by atoms with van der Waals surface area (Å²) in [6.07, 6.45) is 4.81. The summed E-state index contributed by atoms with van der Waals surface area (Å²) in [5, 5.41) is 23.2. The number of hydrogen-bond acceptors (Lipinski definition) is 4. The van der Waals surface area contributed by atoms with Gasteiger partial charge in [0.05, 0.1) is 11.8 Å². The lowest BCUT2D eigenvalue weighted by Gasteiger charge is -2.31. The zero-order chi connectivity index (χ0) is 18.5. The van der Waals surface area contributed by atoms with Crippen molar-refractivity contribution >= 4 is 11.8 Å². The molecule has 3 N–H and O–H groups in total. The van der Waals surface area contributed by atoms with E-state index in [1.54, 1.807) is 0 Å². The van der Waals surface area contributed by atoms with Crippen LogP contribution >= 0.6 is 0 Å². The van der Waals surface area contributed by atoms with E-state index in [-0.39, 0.29) is 12.0 Å². The second kappa shape index (κ2) is 8.30. The Balaban J connectivity index is 1.91. The standard InChI is InChI=1S/C22H26N2O2/c1-15-6-10-17(11-7-15)14-19-4-3-5-20(22(19)24-26)21(23-25)18-12-8-16(2)9-13-18/h6-14,20-21,23,25-26H,3-5H2,1-2H3/b19-14-,24-22+/t20-,21-/m1/s1. The van der Waals surface area contributed by atoms with Crippen LogP contribution in [-0.2, 0) is 0 Å².